The van der Waals surface area contributed by atoms with Crippen LogP contribution in [0.3, 0.4) is 0 Å². The molecule has 9 heteroatoms. The molecule has 3 N–H and O–H groups in total. The summed E-state index contributed by atoms with van der Waals surface area (Å²) in [4.78, 5) is 24.6. The molecule has 0 saturated carbocycles. The number of carbonyl (C=O) groups is 2. The lowest BCUT2D eigenvalue weighted by Gasteiger charge is -2.23. The summed E-state index contributed by atoms with van der Waals surface area (Å²) < 4.78 is 21.0. The van der Waals surface area contributed by atoms with Crippen LogP contribution in [0.15, 0.2) is 47.1 Å². The molecule has 1 aromatic heterocycles. The van der Waals surface area contributed by atoms with E-state index in [4.69, 9.17) is 23.8 Å². The van der Waals surface area contributed by atoms with Crippen molar-refractivity contribution < 1.29 is 33.4 Å². The highest BCUT2D eigenvalue weighted by Gasteiger charge is 2.25. The molecule has 0 spiro atoms. The molecule has 0 aliphatic rings. The minimum Gasteiger partial charge on any atom is -0.464 e. The average Bonchev–Trinajstić information content (AvgIpc) is 3.30. The van der Waals surface area contributed by atoms with Gasteiger partial charge in [0.05, 0.1) is 31.4 Å². The lowest BCUT2D eigenvalue weighted by molar-refractivity contribution is -0.135. The van der Waals surface area contributed by atoms with Crippen molar-refractivity contribution in [2.24, 2.45) is 5.92 Å². The molecule has 2 unspecified atom stereocenters. The largest absolute Gasteiger partial charge is 0.464 e. The van der Waals surface area contributed by atoms with E-state index in [1.807, 2.05) is 13.0 Å². The molecule has 0 aliphatic heterocycles. The molecule has 2 atom stereocenters. The first-order chi connectivity index (χ1) is 14.6. The number of amides is 2. The third-order valence-corrected chi connectivity index (χ3v) is 4.40. The number of rotatable bonds is 13. The Hall–Kier alpha value is -2.72. The number of hydrogen-bond acceptors (Lipinski definition) is 7. The Morgan fingerprint density at radius 1 is 1.13 bits per heavy atom. The minimum atomic E-state index is -0.665. The smallest absolute Gasteiger partial charge is 0.251 e. The second-order valence-electron chi connectivity index (χ2n) is 6.57. The molecule has 30 heavy (non-hydrogen) atoms. The summed E-state index contributed by atoms with van der Waals surface area (Å²) >= 11 is 0. The molecule has 9 nitrogen and oxygen atoms in total. The van der Waals surface area contributed by atoms with Gasteiger partial charge in [0.2, 0.25) is 5.91 Å². The maximum atomic E-state index is 12.7. The quantitative estimate of drug-likeness (QED) is 0.197. The van der Waals surface area contributed by atoms with Crippen LogP contribution in [0.2, 0.25) is 0 Å². The first-order valence-electron chi connectivity index (χ1n) is 9.62. The van der Waals surface area contributed by atoms with Gasteiger partial charge in [0.1, 0.15) is 12.6 Å². The summed E-state index contributed by atoms with van der Waals surface area (Å²) in [7, 11) is 1.46. The van der Waals surface area contributed by atoms with Crippen LogP contribution in [0.4, 0.5) is 0 Å². The van der Waals surface area contributed by atoms with Gasteiger partial charge in [0, 0.05) is 24.8 Å². The molecule has 0 bridgehead atoms. The van der Waals surface area contributed by atoms with Crippen LogP contribution in [-0.2, 0) is 19.0 Å². The van der Waals surface area contributed by atoms with Gasteiger partial charge >= 0.3 is 0 Å². The van der Waals surface area contributed by atoms with E-state index in [1.54, 1.807) is 42.1 Å². The second kappa shape index (κ2) is 12.8. The van der Waals surface area contributed by atoms with Crippen molar-refractivity contribution >= 4 is 11.8 Å². The Balaban J connectivity index is 2.04. The van der Waals surface area contributed by atoms with Crippen LogP contribution >= 0.6 is 0 Å². The highest BCUT2D eigenvalue weighted by atomic mass is 16.7. The van der Waals surface area contributed by atoms with Gasteiger partial charge in [0.15, 0.2) is 0 Å². The number of benzene rings is 1. The average molecular weight is 420 g/mol. The van der Waals surface area contributed by atoms with E-state index in [2.05, 4.69) is 5.32 Å². The summed E-state index contributed by atoms with van der Waals surface area (Å²) in [6.45, 7) is 2.63. The number of carbonyl (C=O) groups excluding carboxylic acids is 2. The highest BCUT2D eigenvalue weighted by molar-refractivity contribution is 5.94. The maximum absolute atomic E-state index is 12.7. The van der Waals surface area contributed by atoms with E-state index >= 15 is 0 Å². The van der Waals surface area contributed by atoms with Crippen molar-refractivity contribution in [3.05, 3.63) is 48.2 Å². The van der Waals surface area contributed by atoms with Crippen LogP contribution in [0.25, 0.3) is 11.3 Å². The molecule has 2 aromatic rings. The molecule has 0 fully saturated rings. The number of furan rings is 1. The van der Waals surface area contributed by atoms with E-state index in [0.29, 0.717) is 17.9 Å². The first kappa shape index (κ1) is 23.6. The van der Waals surface area contributed by atoms with Crippen LogP contribution in [0.5, 0.6) is 0 Å². The van der Waals surface area contributed by atoms with E-state index < -0.39 is 17.9 Å². The summed E-state index contributed by atoms with van der Waals surface area (Å²) in [6.07, 6.45) is 1.80. The van der Waals surface area contributed by atoms with Gasteiger partial charge < -0.3 is 23.9 Å². The summed E-state index contributed by atoms with van der Waals surface area (Å²) in [5.74, 6) is -0.862. The van der Waals surface area contributed by atoms with Crippen LogP contribution in [0, 0.1) is 5.92 Å². The van der Waals surface area contributed by atoms with Crippen molar-refractivity contribution in [2.45, 2.75) is 19.4 Å². The molecule has 2 amide bonds. The standard InChI is InChI=1S/C21H28N2O7/c1-3-28-14-29-13-18(11-17(12-27-2)21(25)23-26)22-20(24)16-8-6-15(7-9-16)19-5-4-10-30-19/h4-10,17-18,26H,3,11-14H2,1-2H3,(H,22,24)(H,23,25). The highest BCUT2D eigenvalue weighted by Crippen LogP contribution is 2.20. The fourth-order valence-corrected chi connectivity index (χ4v) is 2.89. The van der Waals surface area contributed by atoms with Crippen LogP contribution in [-0.4, -0.2) is 56.8 Å². The molecule has 1 aromatic carbocycles. The molecule has 164 valence electrons. The predicted octanol–water partition coefficient (Wildman–Crippen LogP) is 2.21. The first-order valence-corrected chi connectivity index (χ1v) is 9.62. The van der Waals surface area contributed by atoms with E-state index in [-0.39, 0.29) is 32.3 Å². The summed E-state index contributed by atoms with van der Waals surface area (Å²) in [5.41, 5.74) is 2.94. The van der Waals surface area contributed by atoms with Gasteiger partial charge in [-0.15, -0.1) is 0 Å². The molecule has 0 radical (unpaired) electrons. The zero-order valence-electron chi connectivity index (χ0n) is 17.1. The Labute approximate surface area is 175 Å². The van der Waals surface area contributed by atoms with Gasteiger partial charge in [-0.25, -0.2) is 5.48 Å². The Morgan fingerprint density at radius 2 is 1.90 bits per heavy atom. The lowest BCUT2D eigenvalue weighted by Crippen LogP contribution is -2.43. The zero-order valence-corrected chi connectivity index (χ0v) is 17.1. The van der Waals surface area contributed by atoms with Crippen molar-refractivity contribution in [3.63, 3.8) is 0 Å². The zero-order chi connectivity index (χ0) is 21.8. The Kier molecular flexibility index (Phi) is 10.0. The van der Waals surface area contributed by atoms with Gasteiger partial charge in [-0.05, 0) is 37.6 Å². The van der Waals surface area contributed by atoms with E-state index in [0.717, 1.165) is 5.56 Å². The summed E-state index contributed by atoms with van der Waals surface area (Å²) in [5, 5.41) is 11.8. The van der Waals surface area contributed by atoms with Crippen LogP contribution < -0.4 is 10.8 Å². The van der Waals surface area contributed by atoms with Gasteiger partial charge in [0.25, 0.3) is 5.91 Å². The normalized spacial score (nSPS) is 12.9. The van der Waals surface area contributed by atoms with Crippen molar-refractivity contribution in [1.82, 2.24) is 10.8 Å². The second-order valence-corrected chi connectivity index (χ2v) is 6.57. The van der Waals surface area contributed by atoms with E-state index in [1.165, 1.54) is 7.11 Å². The van der Waals surface area contributed by atoms with Crippen molar-refractivity contribution in [3.8, 4) is 11.3 Å². The number of hydrogen-bond donors (Lipinski definition) is 3. The minimum absolute atomic E-state index is 0.0713. The third-order valence-electron chi connectivity index (χ3n) is 4.40. The number of ether oxygens (including phenoxy) is 3. The molecule has 1 heterocycles. The summed E-state index contributed by atoms with van der Waals surface area (Å²) in [6, 6.07) is 10.1. The SMILES string of the molecule is CCOCOCC(CC(COC)C(=O)NO)NC(=O)c1ccc(-c2ccco2)cc1. The molecule has 0 saturated heterocycles. The molecular weight excluding hydrogens is 392 g/mol. The maximum Gasteiger partial charge on any atom is 0.251 e. The fraction of sp³-hybridized carbons (Fsp3) is 0.429. The predicted molar refractivity (Wildman–Crippen MR) is 108 cm³/mol. The number of nitrogens with one attached hydrogen (secondary N) is 2. The van der Waals surface area contributed by atoms with Crippen molar-refractivity contribution in [2.75, 3.05) is 33.7 Å². The number of hydroxylamine groups is 1. The molecular formula is C21H28N2O7. The Bertz CT molecular complexity index is 762. The fourth-order valence-electron chi connectivity index (χ4n) is 2.89. The number of methoxy groups -OCH3 is 1. The molecule has 0 aliphatic carbocycles. The Morgan fingerprint density at radius 3 is 2.50 bits per heavy atom. The van der Waals surface area contributed by atoms with Gasteiger partial charge in [-0.3, -0.25) is 14.8 Å². The molecule has 2 rings (SSSR count). The van der Waals surface area contributed by atoms with Gasteiger partial charge in [-0.2, -0.15) is 0 Å². The van der Waals surface area contributed by atoms with Crippen LogP contribution in [0.1, 0.15) is 23.7 Å². The van der Waals surface area contributed by atoms with Gasteiger partial charge in [-0.1, -0.05) is 12.1 Å². The van der Waals surface area contributed by atoms with Crippen molar-refractivity contribution in [1.29, 1.82) is 0 Å². The lowest BCUT2D eigenvalue weighted by atomic mass is 9.99. The topological polar surface area (TPSA) is 119 Å². The van der Waals surface area contributed by atoms with E-state index in [9.17, 15) is 9.59 Å². The monoisotopic (exact) mass is 420 g/mol. The third kappa shape index (κ3) is 7.27.